The summed E-state index contributed by atoms with van der Waals surface area (Å²) in [6.07, 6.45) is 4.05. The summed E-state index contributed by atoms with van der Waals surface area (Å²) in [5, 5.41) is 0. The van der Waals surface area contributed by atoms with Crippen LogP contribution in [0.4, 0.5) is 0 Å². The smallest absolute Gasteiger partial charge is 0.256 e. The lowest BCUT2D eigenvalue weighted by molar-refractivity contribution is 0.0693. The van der Waals surface area contributed by atoms with E-state index in [1.54, 1.807) is 32.7 Å². The van der Waals surface area contributed by atoms with E-state index in [2.05, 4.69) is 17.1 Å². The maximum absolute atomic E-state index is 13.3. The van der Waals surface area contributed by atoms with Gasteiger partial charge < -0.3 is 14.4 Å². The Balaban J connectivity index is 1.84. The van der Waals surface area contributed by atoms with Crippen LogP contribution in [0.25, 0.3) is 0 Å². The third kappa shape index (κ3) is 3.20. The van der Waals surface area contributed by atoms with Crippen LogP contribution < -0.4 is 9.47 Å². The molecule has 0 spiro atoms. The number of amides is 1. The zero-order valence-corrected chi connectivity index (χ0v) is 16.0. The van der Waals surface area contributed by atoms with Crippen LogP contribution in [0.2, 0.25) is 0 Å². The van der Waals surface area contributed by atoms with Gasteiger partial charge in [-0.3, -0.25) is 9.78 Å². The van der Waals surface area contributed by atoms with Crippen molar-refractivity contribution in [1.29, 1.82) is 0 Å². The third-order valence-corrected chi connectivity index (χ3v) is 5.16. The van der Waals surface area contributed by atoms with Crippen molar-refractivity contribution in [2.24, 2.45) is 0 Å². The second kappa shape index (κ2) is 7.72. The number of methoxy groups -OCH3 is 2. The van der Waals surface area contributed by atoms with E-state index < -0.39 is 0 Å². The SMILES string of the molecule is COc1cc2c(cc1OC)C(c1ccccc1)N(C(=O)c1cccnc1)CC2. The molecule has 0 N–H and O–H groups in total. The summed E-state index contributed by atoms with van der Waals surface area (Å²) in [5.74, 6) is 1.35. The minimum Gasteiger partial charge on any atom is -0.493 e. The monoisotopic (exact) mass is 374 g/mol. The normalized spacial score (nSPS) is 15.6. The molecule has 1 aromatic heterocycles. The van der Waals surface area contributed by atoms with Crippen LogP contribution >= 0.6 is 0 Å². The largest absolute Gasteiger partial charge is 0.493 e. The number of hydrogen-bond acceptors (Lipinski definition) is 4. The number of carbonyl (C=O) groups is 1. The van der Waals surface area contributed by atoms with E-state index >= 15 is 0 Å². The molecule has 4 rings (SSSR count). The van der Waals surface area contributed by atoms with E-state index in [1.165, 1.54) is 5.56 Å². The first-order valence-corrected chi connectivity index (χ1v) is 9.23. The number of fused-ring (bicyclic) bond motifs is 1. The van der Waals surface area contributed by atoms with Crippen molar-refractivity contribution in [2.75, 3.05) is 20.8 Å². The quantitative estimate of drug-likeness (QED) is 0.695. The van der Waals surface area contributed by atoms with Crippen molar-refractivity contribution < 1.29 is 14.3 Å². The Bertz CT molecular complexity index is 974. The van der Waals surface area contributed by atoms with Gasteiger partial charge in [0, 0.05) is 18.9 Å². The fourth-order valence-electron chi connectivity index (χ4n) is 3.81. The van der Waals surface area contributed by atoms with Gasteiger partial charge in [0.15, 0.2) is 11.5 Å². The molecule has 0 saturated carbocycles. The van der Waals surface area contributed by atoms with Gasteiger partial charge in [0.05, 0.1) is 25.8 Å². The number of aromatic nitrogens is 1. The van der Waals surface area contributed by atoms with Gasteiger partial charge in [-0.2, -0.15) is 0 Å². The summed E-state index contributed by atoms with van der Waals surface area (Å²) in [5.41, 5.74) is 3.88. The Kier molecular flexibility index (Phi) is 4.98. The Morgan fingerprint density at radius 2 is 1.79 bits per heavy atom. The predicted octanol–water partition coefficient (Wildman–Crippen LogP) is 3.89. The van der Waals surface area contributed by atoms with E-state index in [1.807, 2.05) is 41.3 Å². The average Bonchev–Trinajstić information content (AvgIpc) is 2.77. The molecule has 0 fully saturated rings. The number of nitrogens with zero attached hydrogens (tertiary/aromatic N) is 2. The summed E-state index contributed by atoms with van der Waals surface area (Å²) in [6.45, 7) is 0.621. The van der Waals surface area contributed by atoms with Crippen molar-refractivity contribution in [1.82, 2.24) is 9.88 Å². The summed E-state index contributed by atoms with van der Waals surface area (Å²) in [6, 6.07) is 17.5. The Hall–Kier alpha value is -3.34. The Morgan fingerprint density at radius 3 is 2.46 bits per heavy atom. The van der Waals surface area contributed by atoms with E-state index in [4.69, 9.17) is 9.47 Å². The average molecular weight is 374 g/mol. The third-order valence-electron chi connectivity index (χ3n) is 5.16. The second-order valence-electron chi connectivity index (χ2n) is 6.71. The van der Waals surface area contributed by atoms with Crippen LogP contribution in [-0.4, -0.2) is 36.6 Å². The van der Waals surface area contributed by atoms with Crippen molar-refractivity contribution in [3.8, 4) is 11.5 Å². The molecule has 1 unspecified atom stereocenters. The van der Waals surface area contributed by atoms with Gasteiger partial charge in [0.1, 0.15) is 0 Å². The molecule has 0 aliphatic carbocycles. The molecule has 2 heterocycles. The van der Waals surface area contributed by atoms with Crippen LogP contribution in [0, 0.1) is 0 Å². The maximum Gasteiger partial charge on any atom is 0.256 e. The predicted molar refractivity (Wildman–Crippen MR) is 107 cm³/mol. The molecule has 0 saturated heterocycles. The minimum absolute atomic E-state index is 0.0256. The number of benzene rings is 2. The summed E-state index contributed by atoms with van der Waals surface area (Å²) < 4.78 is 11.0. The van der Waals surface area contributed by atoms with Crippen molar-refractivity contribution in [3.63, 3.8) is 0 Å². The molecule has 5 nitrogen and oxygen atoms in total. The van der Waals surface area contributed by atoms with Crippen LogP contribution in [-0.2, 0) is 6.42 Å². The zero-order valence-electron chi connectivity index (χ0n) is 16.0. The van der Waals surface area contributed by atoms with Gasteiger partial charge in [-0.25, -0.2) is 0 Å². The summed E-state index contributed by atoms with van der Waals surface area (Å²) in [4.78, 5) is 19.3. The first-order chi connectivity index (χ1) is 13.7. The molecule has 0 radical (unpaired) electrons. The molecule has 0 bridgehead atoms. The number of carbonyl (C=O) groups excluding carboxylic acids is 1. The first-order valence-electron chi connectivity index (χ1n) is 9.23. The maximum atomic E-state index is 13.3. The second-order valence-corrected chi connectivity index (χ2v) is 6.71. The Labute approximate surface area is 164 Å². The molecule has 1 aliphatic rings. The van der Waals surface area contributed by atoms with Gasteiger partial charge >= 0.3 is 0 Å². The van der Waals surface area contributed by atoms with Crippen LogP contribution in [0.5, 0.6) is 11.5 Å². The molecule has 5 heteroatoms. The lowest BCUT2D eigenvalue weighted by Crippen LogP contribution is -2.40. The fourth-order valence-corrected chi connectivity index (χ4v) is 3.81. The van der Waals surface area contributed by atoms with Gasteiger partial charge in [-0.1, -0.05) is 30.3 Å². The topological polar surface area (TPSA) is 51.7 Å². The molecular formula is C23H22N2O3. The zero-order chi connectivity index (χ0) is 19.5. The number of ether oxygens (including phenoxy) is 2. The molecule has 28 heavy (non-hydrogen) atoms. The molecule has 1 amide bonds. The molecular weight excluding hydrogens is 352 g/mol. The lowest BCUT2D eigenvalue weighted by Gasteiger charge is -2.38. The van der Waals surface area contributed by atoms with Crippen molar-refractivity contribution >= 4 is 5.91 Å². The highest BCUT2D eigenvalue weighted by Gasteiger charge is 2.33. The molecule has 2 aromatic carbocycles. The van der Waals surface area contributed by atoms with E-state index in [9.17, 15) is 4.79 Å². The van der Waals surface area contributed by atoms with Gasteiger partial charge in [-0.15, -0.1) is 0 Å². The number of pyridine rings is 1. The summed E-state index contributed by atoms with van der Waals surface area (Å²) >= 11 is 0. The highest BCUT2D eigenvalue weighted by Crippen LogP contribution is 2.41. The molecule has 3 aromatic rings. The van der Waals surface area contributed by atoms with Crippen LogP contribution in [0.1, 0.15) is 33.1 Å². The van der Waals surface area contributed by atoms with Gasteiger partial charge in [0.2, 0.25) is 0 Å². The molecule has 1 atom stereocenters. The van der Waals surface area contributed by atoms with Crippen LogP contribution in [0.15, 0.2) is 67.0 Å². The molecule has 1 aliphatic heterocycles. The first kappa shape index (κ1) is 18.0. The Morgan fingerprint density at radius 1 is 1.04 bits per heavy atom. The lowest BCUT2D eigenvalue weighted by atomic mass is 9.87. The van der Waals surface area contributed by atoms with Crippen LogP contribution in [0.3, 0.4) is 0 Å². The van der Waals surface area contributed by atoms with Gasteiger partial charge in [0.25, 0.3) is 5.91 Å². The summed E-state index contributed by atoms with van der Waals surface area (Å²) in [7, 11) is 3.27. The van der Waals surface area contributed by atoms with Gasteiger partial charge in [-0.05, 0) is 47.4 Å². The highest BCUT2D eigenvalue weighted by atomic mass is 16.5. The van der Waals surface area contributed by atoms with Crippen molar-refractivity contribution in [3.05, 3.63) is 89.2 Å². The van der Waals surface area contributed by atoms with E-state index in [0.717, 1.165) is 17.5 Å². The highest BCUT2D eigenvalue weighted by molar-refractivity contribution is 5.94. The fraction of sp³-hybridized carbons (Fsp3) is 0.217. The van der Waals surface area contributed by atoms with Crippen molar-refractivity contribution in [2.45, 2.75) is 12.5 Å². The standard InChI is InChI=1S/C23H22N2O3/c1-27-20-13-17-10-12-25(23(26)18-9-6-11-24-15-18)22(16-7-4-3-5-8-16)19(17)14-21(20)28-2/h3-9,11,13-15,22H,10,12H2,1-2H3. The number of hydrogen-bond donors (Lipinski definition) is 0. The van der Waals surface area contributed by atoms with E-state index in [0.29, 0.717) is 23.6 Å². The van der Waals surface area contributed by atoms with E-state index in [-0.39, 0.29) is 11.9 Å². The number of rotatable bonds is 4. The minimum atomic E-state index is -0.197. The molecule has 142 valence electrons.